The topological polar surface area (TPSA) is 69.7 Å². The molecule has 5 aliphatic rings. The van der Waals surface area contributed by atoms with Crippen molar-refractivity contribution in [2.75, 3.05) is 0 Å². The molecule has 9 heteroatoms. The Morgan fingerprint density at radius 2 is 1.57 bits per heavy atom. The molecular formula is C35H47F3O5S. The molecule has 0 amide bonds. The van der Waals surface area contributed by atoms with Crippen molar-refractivity contribution in [3.05, 3.63) is 47.7 Å². The Kier molecular flexibility index (Phi) is 7.43. The lowest BCUT2D eigenvalue weighted by atomic mass is 9.33. The van der Waals surface area contributed by atoms with Crippen LogP contribution in [0.1, 0.15) is 104 Å². The molecule has 0 N–H and O–H groups in total. The van der Waals surface area contributed by atoms with Crippen LogP contribution in [0.4, 0.5) is 13.2 Å². The molecule has 0 saturated heterocycles. The van der Waals surface area contributed by atoms with E-state index in [1.165, 1.54) is 0 Å². The Hall–Kier alpha value is -2.03. The molecule has 5 aliphatic carbocycles. The number of allylic oxidation sites excluding steroid dienone is 2. The molecule has 0 aliphatic heterocycles. The van der Waals surface area contributed by atoms with Crippen LogP contribution < -0.4 is 0 Å². The first-order valence-electron chi connectivity index (χ1n) is 16.3. The molecular weight excluding hydrogens is 589 g/mol. The average Bonchev–Trinajstić information content (AvgIpc) is 3.39. The van der Waals surface area contributed by atoms with Crippen molar-refractivity contribution < 1.29 is 35.3 Å². The van der Waals surface area contributed by atoms with Crippen molar-refractivity contribution >= 4 is 16.1 Å². The fourth-order valence-corrected chi connectivity index (χ4v) is 12.3. The molecule has 5 nitrogen and oxygen atoms in total. The van der Waals surface area contributed by atoms with E-state index in [2.05, 4.69) is 20.8 Å². The lowest BCUT2D eigenvalue weighted by Crippen LogP contribution is -2.65. The van der Waals surface area contributed by atoms with Gasteiger partial charge in [-0.05, 0) is 109 Å². The highest BCUT2D eigenvalue weighted by Gasteiger charge is 2.71. The zero-order valence-electron chi connectivity index (χ0n) is 26.6. The van der Waals surface area contributed by atoms with Crippen LogP contribution in [0, 0.1) is 50.7 Å². The maximum absolute atomic E-state index is 13.9. The number of fused-ring (bicyclic) bond motifs is 7. The highest BCUT2D eigenvalue weighted by Crippen LogP contribution is 2.76. The monoisotopic (exact) mass is 636 g/mol. The number of esters is 1. The van der Waals surface area contributed by atoms with Gasteiger partial charge in [-0.25, -0.2) is 0 Å². The Bertz CT molecular complexity index is 1440. The van der Waals surface area contributed by atoms with E-state index in [1.54, 1.807) is 6.08 Å². The molecule has 4 unspecified atom stereocenters. The van der Waals surface area contributed by atoms with E-state index in [0.29, 0.717) is 30.8 Å². The third-order valence-corrected chi connectivity index (χ3v) is 14.9. The quantitative estimate of drug-likeness (QED) is 0.183. The van der Waals surface area contributed by atoms with Crippen LogP contribution in [0.25, 0.3) is 0 Å². The summed E-state index contributed by atoms with van der Waals surface area (Å²) in [5, 5.41) is 0. The smallest absolute Gasteiger partial charge is 0.460 e. The molecule has 4 fully saturated rings. The maximum atomic E-state index is 13.9. The normalized spacial score (nSPS) is 41.3. The second kappa shape index (κ2) is 10.2. The van der Waals surface area contributed by atoms with Gasteiger partial charge in [0.25, 0.3) is 0 Å². The molecule has 1 aromatic rings. The van der Waals surface area contributed by atoms with Gasteiger partial charge in [0.2, 0.25) is 0 Å². The zero-order chi connectivity index (χ0) is 32.0. The molecule has 0 bridgehead atoms. The van der Waals surface area contributed by atoms with Gasteiger partial charge in [-0.1, -0.05) is 71.4 Å². The van der Waals surface area contributed by atoms with E-state index in [1.807, 2.05) is 44.2 Å². The summed E-state index contributed by atoms with van der Waals surface area (Å²) in [5.74, 6) is 0.900. The van der Waals surface area contributed by atoms with Gasteiger partial charge in [-0.3, -0.25) is 4.79 Å². The number of hydrogen-bond acceptors (Lipinski definition) is 5. The number of alkyl halides is 3. The first-order chi connectivity index (χ1) is 20.4. The third kappa shape index (κ3) is 4.44. The number of hydrogen-bond donors (Lipinski definition) is 0. The Labute approximate surface area is 260 Å². The van der Waals surface area contributed by atoms with Crippen LogP contribution >= 0.6 is 0 Å². The summed E-state index contributed by atoms with van der Waals surface area (Å²) in [4.78, 5) is 13.9. The van der Waals surface area contributed by atoms with Crippen molar-refractivity contribution in [1.29, 1.82) is 0 Å². The van der Waals surface area contributed by atoms with Gasteiger partial charge < -0.3 is 8.92 Å². The van der Waals surface area contributed by atoms with Crippen LogP contribution in [-0.2, 0) is 30.4 Å². The first kappa shape index (κ1) is 31.9. The van der Waals surface area contributed by atoms with E-state index >= 15 is 0 Å². The lowest BCUT2D eigenvalue weighted by Gasteiger charge is -2.71. The summed E-state index contributed by atoms with van der Waals surface area (Å²) >= 11 is 0. The number of halogens is 3. The van der Waals surface area contributed by atoms with Gasteiger partial charge in [0.05, 0.1) is 5.41 Å². The second-order valence-corrected chi connectivity index (χ2v) is 17.4. The Morgan fingerprint density at radius 1 is 0.864 bits per heavy atom. The van der Waals surface area contributed by atoms with Crippen molar-refractivity contribution in [3.63, 3.8) is 0 Å². The minimum absolute atomic E-state index is 0.00974. The maximum Gasteiger partial charge on any atom is 0.534 e. The standard InChI is InChI=1S/C35H47F3O5S/c1-30(2)26-15-19-33(5)27(31(26,3)18-16-28(30)43-44(40,41)35(36,37)38)14-13-24-25-12-9-17-34(25,21-20-32(24,33)4)29(39)42-22-23-10-7-6-8-11-23/h6-8,10-11,16,24-27H,9,12-15,17-22H2,1-5H3/t24-,25?,26?,27?,31+,32-,33?,34+/m1/s1. The molecule has 0 aromatic heterocycles. The van der Waals surface area contributed by atoms with Crippen LogP contribution in [-0.4, -0.2) is 19.9 Å². The van der Waals surface area contributed by atoms with E-state index in [0.717, 1.165) is 63.4 Å². The van der Waals surface area contributed by atoms with E-state index in [-0.39, 0.29) is 33.9 Å². The number of carbonyl (C=O) groups excluding carboxylic acids is 1. The highest BCUT2D eigenvalue weighted by atomic mass is 32.2. The van der Waals surface area contributed by atoms with Crippen LogP contribution in [0.2, 0.25) is 0 Å². The molecule has 8 atom stereocenters. The summed E-state index contributed by atoms with van der Waals surface area (Å²) in [6.45, 7) is 11.2. The molecule has 4 saturated carbocycles. The number of carbonyl (C=O) groups is 1. The summed E-state index contributed by atoms with van der Waals surface area (Å²) in [6, 6.07) is 9.85. The molecule has 44 heavy (non-hydrogen) atoms. The predicted molar refractivity (Wildman–Crippen MR) is 161 cm³/mol. The van der Waals surface area contributed by atoms with Crippen molar-refractivity contribution in [1.82, 2.24) is 0 Å². The molecule has 0 heterocycles. The Balaban J connectivity index is 1.27. The van der Waals surface area contributed by atoms with E-state index < -0.39 is 26.5 Å². The number of ether oxygens (including phenoxy) is 1. The van der Waals surface area contributed by atoms with Crippen LogP contribution in [0.3, 0.4) is 0 Å². The van der Waals surface area contributed by atoms with E-state index in [4.69, 9.17) is 8.92 Å². The first-order valence-corrected chi connectivity index (χ1v) is 17.8. The van der Waals surface area contributed by atoms with Crippen molar-refractivity contribution in [3.8, 4) is 0 Å². The summed E-state index contributed by atoms with van der Waals surface area (Å²) in [5.41, 5.74) is -5.95. The highest BCUT2D eigenvalue weighted by molar-refractivity contribution is 7.87. The minimum atomic E-state index is -5.73. The Morgan fingerprint density at radius 3 is 2.25 bits per heavy atom. The fourth-order valence-electron chi connectivity index (χ4n) is 11.7. The number of benzene rings is 1. The fraction of sp³-hybridized carbons (Fsp3) is 0.743. The minimum Gasteiger partial charge on any atom is -0.460 e. The average molecular weight is 637 g/mol. The summed E-state index contributed by atoms with van der Waals surface area (Å²) in [7, 11) is -5.73. The third-order valence-electron chi connectivity index (χ3n) is 14.0. The largest absolute Gasteiger partial charge is 0.534 e. The van der Waals surface area contributed by atoms with Crippen LogP contribution in [0.15, 0.2) is 42.2 Å². The van der Waals surface area contributed by atoms with Crippen molar-refractivity contribution in [2.24, 2.45) is 50.7 Å². The lowest BCUT2D eigenvalue weighted by molar-refractivity contribution is -0.229. The van der Waals surface area contributed by atoms with Gasteiger partial charge in [0, 0.05) is 5.41 Å². The zero-order valence-corrected chi connectivity index (χ0v) is 27.5. The van der Waals surface area contributed by atoms with Crippen molar-refractivity contribution in [2.45, 2.75) is 111 Å². The molecule has 0 spiro atoms. The van der Waals surface area contributed by atoms with Gasteiger partial charge >= 0.3 is 21.6 Å². The molecule has 6 rings (SSSR count). The SMILES string of the molecule is CC1(C)C(OS(=O)(=O)C(F)(F)F)=CC[C@@]2(C)C1CCC1(C)C2CC[C@@H]2C3CCC[C@]3(C(=O)OCc3ccccc3)CC[C@]21C. The van der Waals surface area contributed by atoms with Crippen LogP contribution in [0.5, 0.6) is 0 Å². The predicted octanol–water partition coefficient (Wildman–Crippen LogP) is 8.95. The van der Waals surface area contributed by atoms with Gasteiger partial charge in [-0.15, -0.1) is 0 Å². The second-order valence-electron chi connectivity index (χ2n) is 15.9. The van der Waals surface area contributed by atoms with Gasteiger partial charge in [-0.2, -0.15) is 21.6 Å². The van der Waals surface area contributed by atoms with Gasteiger partial charge in [0.15, 0.2) is 0 Å². The number of rotatable bonds is 5. The van der Waals surface area contributed by atoms with Gasteiger partial charge in [0.1, 0.15) is 12.4 Å². The molecule has 244 valence electrons. The van der Waals surface area contributed by atoms with E-state index in [9.17, 15) is 26.4 Å². The molecule has 0 radical (unpaired) electrons. The molecule has 1 aromatic carbocycles. The summed E-state index contributed by atoms with van der Waals surface area (Å²) < 4.78 is 74.5. The summed E-state index contributed by atoms with van der Waals surface area (Å²) in [6.07, 6.45) is 10.6.